The van der Waals surface area contributed by atoms with Crippen molar-refractivity contribution in [3.05, 3.63) is 41.3 Å². The quantitative estimate of drug-likeness (QED) is 0.876. The highest BCUT2D eigenvalue weighted by Gasteiger charge is 2.13. The van der Waals surface area contributed by atoms with Gasteiger partial charge in [-0.05, 0) is 24.5 Å². The standard InChI is InChI=1S/C13H19NO2S/c1-11(2)12(3)14-17(15,16)10-9-13-7-5-4-6-8-13/h4-12,14H,1-3H3/b10-9+. The fourth-order valence-corrected chi connectivity index (χ4v) is 2.37. The first-order valence-corrected chi connectivity index (χ1v) is 7.21. The summed E-state index contributed by atoms with van der Waals surface area (Å²) in [4.78, 5) is 0. The molecule has 94 valence electrons. The summed E-state index contributed by atoms with van der Waals surface area (Å²) in [7, 11) is -3.35. The van der Waals surface area contributed by atoms with Crippen LogP contribution >= 0.6 is 0 Å². The highest BCUT2D eigenvalue weighted by Crippen LogP contribution is 2.05. The second-order valence-electron chi connectivity index (χ2n) is 4.41. The van der Waals surface area contributed by atoms with Gasteiger partial charge in [0.1, 0.15) is 0 Å². The van der Waals surface area contributed by atoms with Gasteiger partial charge >= 0.3 is 0 Å². The van der Waals surface area contributed by atoms with Gasteiger partial charge in [-0.1, -0.05) is 44.2 Å². The molecule has 0 aliphatic carbocycles. The SMILES string of the molecule is CC(C)C(C)NS(=O)(=O)/C=C/c1ccccc1. The van der Waals surface area contributed by atoms with Crippen LogP contribution in [-0.2, 0) is 10.0 Å². The molecule has 1 aromatic carbocycles. The average molecular weight is 253 g/mol. The van der Waals surface area contributed by atoms with Gasteiger partial charge in [-0.25, -0.2) is 13.1 Å². The van der Waals surface area contributed by atoms with Gasteiger partial charge in [0.2, 0.25) is 10.0 Å². The first kappa shape index (κ1) is 13.9. The second-order valence-corrected chi connectivity index (χ2v) is 6.01. The van der Waals surface area contributed by atoms with Gasteiger partial charge in [-0.2, -0.15) is 0 Å². The molecule has 0 aliphatic heterocycles. The Labute approximate surface area is 104 Å². The zero-order valence-electron chi connectivity index (χ0n) is 10.4. The van der Waals surface area contributed by atoms with E-state index in [1.165, 1.54) is 5.41 Å². The van der Waals surface area contributed by atoms with E-state index in [9.17, 15) is 8.42 Å². The molecule has 0 saturated heterocycles. The molecule has 1 unspecified atom stereocenters. The summed E-state index contributed by atoms with van der Waals surface area (Å²) in [6.45, 7) is 5.82. The van der Waals surface area contributed by atoms with E-state index in [1.807, 2.05) is 51.1 Å². The van der Waals surface area contributed by atoms with Crippen LogP contribution in [0, 0.1) is 5.92 Å². The molecule has 0 aliphatic rings. The Kier molecular flexibility index (Phi) is 4.90. The number of benzene rings is 1. The fourth-order valence-electron chi connectivity index (χ4n) is 1.17. The van der Waals surface area contributed by atoms with E-state index < -0.39 is 10.0 Å². The van der Waals surface area contributed by atoms with Crippen LogP contribution in [0.2, 0.25) is 0 Å². The van der Waals surface area contributed by atoms with Gasteiger partial charge in [0.25, 0.3) is 0 Å². The zero-order chi connectivity index (χ0) is 12.9. The van der Waals surface area contributed by atoms with Crippen molar-refractivity contribution in [1.29, 1.82) is 0 Å². The van der Waals surface area contributed by atoms with Crippen molar-refractivity contribution >= 4 is 16.1 Å². The van der Waals surface area contributed by atoms with Crippen LogP contribution in [0.1, 0.15) is 26.3 Å². The maximum atomic E-state index is 11.7. The van der Waals surface area contributed by atoms with Crippen molar-refractivity contribution < 1.29 is 8.42 Å². The van der Waals surface area contributed by atoms with Crippen LogP contribution in [0.25, 0.3) is 6.08 Å². The van der Waals surface area contributed by atoms with Gasteiger partial charge in [0.15, 0.2) is 0 Å². The van der Waals surface area contributed by atoms with Crippen LogP contribution < -0.4 is 4.72 Å². The summed E-state index contributed by atoms with van der Waals surface area (Å²) in [5.41, 5.74) is 0.870. The Bertz CT molecular complexity index is 463. The molecule has 17 heavy (non-hydrogen) atoms. The highest BCUT2D eigenvalue weighted by molar-refractivity contribution is 7.92. The normalized spacial score (nSPS) is 14.4. The van der Waals surface area contributed by atoms with Crippen molar-refractivity contribution in [2.45, 2.75) is 26.8 Å². The van der Waals surface area contributed by atoms with Crippen LogP contribution in [-0.4, -0.2) is 14.5 Å². The molecule has 1 atom stereocenters. The monoisotopic (exact) mass is 253 g/mol. The van der Waals surface area contributed by atoms with E-state index in [1.54, 1.807) is 6.08 Å². The number of hydrogen-bond acceptors (Lipinski definition) is 2. The Morgan fingerprint density at radius 3 is 2.24 bits per heavy atom. The lowest BCUT2D eigenvalue weighted by molar-refractivity contribution is 0.480. The predicted molar refractivity (Wildman–Crippen MR) is 71.8 cm³/mol. The number of hydrogen-bond donors (Lipinski definition) is 1. The molecule has 4 heteroatoms. The Morgan fingerprint density at radius 1 is 1.12 bits per heavy atom. The molecule has 0 heterocycles. The molecule has 0 amide bonds. The number of rotatable bonds is 5. The molecule has 0 saturated carbocycles. The van der Waals surface area contributed by atoms with Gasteiger partial charge in [0.05, 0.1) is 0 Å². The van der Waals surface area contributed by atoms with Crippen molar-refractivity contribution in [3.8, 4) is 0 Å². The van der Waals surface area contributed by atoms with Gasteiger partial charge in [-0.15, -0.1) is 0 Å². The van der Waals surface area contributed by atoms with Gasteiger partial charge < -0.3 is 0 Å². The third kappa shape index (κ3) is 5.15. The number of nitrogens with one attached hydrogen (secondary N) is 1. The van der Waals surface area contributed by atoms with Gasteiger partial charge in [-0.3, -0.25) is 0 Å². The maximum absolute atomic E-state index is 11.7. The molecular formula is C13H19NO2S. The minimum atomic E-state index is -3.35. The van der Waals surface area contributed by atoms with Crippen LogP contribution in [0.4, 0.5) is 0 Å². The molecule has 0 fully saturated rings. The molecule has 3 nitrogen and oxygen atoms in total. The third-order valence-electron chi connectivity index (χ3n) is 2.59. The Hall–Kier alpha value is -1.13. The van der Waals surface area contributed by atoms with Gasteiger partial charge in [0, 0.05) is 11.4 Å². The molecular weight excluding hydrogens is 234 g/mol. The predicted octanol–water partition coefficient (Wildman–Crippen LogP) is 2.62. The molecule has 1 rings (SSSR count). The lowest BCUT2D eigenvalue weighted by atomic mass is 10.1. The Balaban J connectivity index is 2.71. The Morgan fingerprint density at radius 2 is 1.71 bits per heavy atom. The topological polar surface area (TPSA) is 46.2 Å². The van der Waals surface area contributed by atoms with Crippen LogP contribution in [0.15, 0.2) is 35.7 Å². The summed E-state index contributed by atoms with van der Waals surface area (Å²) in [6.07, 6.45) is 1.59. The minimum Gasteiger partial charge on any atom is -0.209 e. The summed E-state index contributed by atoms with van der Waals surface area (Å²) in [5.74, 6) is 0.273. The molecule has 0 bridgehead atoms. The largest absolute Gasteiger partial charge is 0.233 e. The van der Waals surface area contributed by atoms with Crippen molar-refractivity contribution in [1.82, 2.24) is 4.72 Å². The smallest absolute Gasteiger partial charge is 0.209 e. The number of sulfonamides is 1. The van der Waals surface area contributed by atoms with Crippen molar-refractivity contribution in [3.63, 3.8) is 0 Å². The van der Waals surface area contributed by atoms with Crippen LogP contribution in [0.3, 0.4) is 0 Å². The van der Waals surface area contributed by atoms with E-state index in [0.717, 1.165) is 5.56 Å². The molecule has 1 aromatic rings. The molecule has 0 spiro atoms. The fraction of sp³-hybridized carbons (Fsp3) is 0.385. The third-order valence-corrected chi connectivity index (χ3v) is 3.78. The molecule has 0 radical (unpaired) electrons. The summed E-state index contributed by atoms with van der Waals surface area (Å²) < 4.78 is 26.1. The maximum Gasteiger partial charge on any atom is 0.233 e. The van der Waals surface area contributed by atoms with Crippen molar-refractivity contribution in [2.24, 2.45) is 5.92 Å². The zero-order valence-corrected chi connectivity index (χ0v) is 11.2. The summed E-state index contributed by atoms with van der Waals surface area (Å²) in [6, 6.07) is 9.29. The molecule has 1 N–H and O–H groups in total. The first-order chi connectivity index (χ1) is 7.91. The first-order valence-electron chi connectivity index (χ1n) is 5.66. The van der Waals surface area contributed by atoms with E-state index in [4.69, 9.17) is 0 Å². The van der Waals surface area contributed by atoms with E-state index in [0.29, 0.717) is 0 Å². The van der Waals surface area contributed by atoms with E-state index in [2.05, 4.69) is 4.72 Å². The molecule has 0 aromatic heterocycles. The minimum absolute atomic E-state index is 0.0691. The highest BCUT2D eigenvalue weighted by atomic mass is 32.2. The van der Waals surface area contributed by atoms with E-state index in [-0.39, 0.29) is 12.0 Å². The van der Waals surface area contributed by atoms with E-state index >= 15 is 0 Å². The summed E-state index contributed by atoms with van der Waals surface area (Å²) >= 11 is 0. The average Bonchev–Trinajstić information content (AvgIpc) is 2.27. The lowest BCUT2D eigenvalue weighted by Crippen LogP contribution is -2.34. The van der Waals surface area contributed by atoms with Crippen molar-refractivity contribution in [2.75, 3.05) is 0 Å². The second kappa shape index (κ2) is 5.98. The van der Waals surface area contributed by atoms with Crippen LogP contribution in [0.5, 0.6) is 0 Å². The summed E-state index contributed by atoms with van der Waals surface area (Å²) in [5, 5.41) is 1.21. The lowest BCUT2D eigenvalue weighted by Gasteiger charge is -2.15.